The van der Waals surface area contributed by atoms with Crippen molar-refractivity contribution in [2.24, 2.45) is 7.05 Å². The number of hydrogen-bond donors (Lipinski definition) is 1. The van der Waals surface area contributed by atoms with Gasteiger partial charge < -0.3 is 10.1 Å². The van der Waals surface area contributed by atoms with Crippen LogP contribution in [0.5, 0.6) is 0 Å². The first-order chi connectivity index (χ1) is 14.6. The second-order valence-corrected chi connectivity index (χ2v) is 7.12. The van der Waals surface area contributed by atoms with Crippen LogP contribution in [-0.2, 0) is 23.1 Å². The van der Waals surface area contributed by atoms with Crippen LogP contribution in [0.2, 0.25) is 0 Å². The Morgan fingerprint density at radius 2 is 1.94 bits per heavy atom. The van der Waals surface area contributed by atoms with Crippen LogP contribution >= 0.6 is 0 Å². The Morgan fingerprint density at radius 3 is 2.58 bits per heavy atom. The maximum Gasteiger partial charge on any atom is 0.337 e. The number of rotatable bonds is 6. The van der Waals surface area contributed by atoms with Crippen LogP contribution in [0.25, 0.3) is 11.0 Å². The lowest BCUT2D eigenvalue weighted by Gasteiger charge is -2.12. The lowest BCUT2D eigenvalue weighted by molar-refractivity contribution is -0.116. The number of nitrogens with zero attached hydrogens (tertiary/aromatic N) is 3. The molecule has 31 heavy (non-hydrogen) atoms. The molecule has 0 unspecified atom stereocenters. The topological polar surface area (TPSA) is 95.2 Å². The molecule has 0 aliphatic heterocycles. The molecule has 0 saturated carbocycles. The molecule has 2 heterocycles. The Hall–Kier alpha value is -3.56. The molecule has 1 aromatic carbocycles. The van der Waals surface area contributed by atoms with Gasteiger partial charge in [-0.2, -0.15) is 5.10 Å². The SMILES string of the molecule is COC(=O)c1ccc(C)c(NC(=O)CCn2c(=O)cc(C(F)F)c3c(C)n(C)nc32)c1. The fourth-order valence-corrected chi connectivity index (χ4v) is 3.32. The number of aromatic nitrogens is 3. The van der Waals surface area contributed by atoms with Crippen molar-refractivity contribution in [1.29, 1.82) is 0 Å². The standard InChI is InChI=1S/C21H22F2N4O4/c1-11-5-6-13(21(30)31-4)9-15(11)24-16(28)7-8-27-17(29)10-14(19(22)23)18-12(2)26(3)25-20(18)27/h5-6,9-10,19H,7-8H2,1-4H3,(H,24,28). The van der Waals surface area contributed by atoms with Gasteiger partial charge in [-0.15, -0.1) is 0 Å². The van der Waals surface area contributed by atoms with Gasteiger partial charge in [0, 0.05) is 48.4 Å². The number of benzene rings is 1. The third-order valence-corrected chi connectivity index (χ3v) is 5.14. The third-order valence-electron chi connectivity index (χ3n) is 5.14. The van der Waals surface area contributed by atoms with Crippen LogP contribution < -0.4 is 10.9 Å². The lowest BCUT2D eigenvalue weighted by atomic mass is 10.1. The number of carbonyl (C=O) groups is 2. The molecule has 164 valence electrons. The summed E-state index contributed by atoms with van der Waals surface area (Å²) in [5.41, 5.74) is 1.04. The number of halogens is 2. The summed E-state index contributed by atoms with van der Waals surface area (Å²) in [5, 5.41) is 7.11. The van der Waals surface area contributed by atoms with Crippen LogP contribution in [-0.4, -0.2) is 33.3 Å². The zero-order chi connectivity index (χ0) is 22.9. The highest BCUT2D eigenvalue weighted by Gasteiger charge is 2.21. The first-order valence-corrected chi connectivity index (χ1v) is 9.48. The summed E-state index contributed by atoms with van der Waals surface area (Å²) >= 11 is 0. The van der Waals surface area contributed by atoms with Crippen molar-refractivity contribution in [3.8, 4) is 0 Å². The average molecular weight is 432 g/mol. The van der Waals surface area contributed by atoms with Crippen LogP contribution in [0, 0.1) is 13.8 Å². The van der Waals surface area contributed by atoms with Gasteiger partial charge >= 0.3 is 5.97 Å². The Balaban J connectivity index is 1.85. The summed E-state index contributed by atoms with van der Waals surface area (Å²) in [5.74, 6) is -0.940. The number of methoxy groups -OCH3 is 1. The number of alkyl halides is 2. The molecule has 1 amide bonds. The highest BCUT2D eigenvalue weighted by atomic mass is 19.3. The zero-order valence-corrected chi connectivity index (χ0v) is 17.5. The maximum absolute atomic E-state index is 13.4. The van der Waals surface area contributed by atoms with Gasteiger partial charge in [0.15, 0.2) is 5.65 Å². The molecule has 0 aliphatic carbocycles. The summed E-state index contributed by atoms with van der Waals surface area (Å²) in [7, 11) is 2.86. The van der Waals surface area contributed by atoms with E-state index < -0.39 is 23.9 Å². The summed E-state index contributed by atoms with van der Waals surface area (Å²) in [6, 6.07) is 5.66. The van der Waals surface area contributed by atoms with Crippen LogP contribution in [0.3, 0.4) is 0 Å². The van der Waals surface area contributed by atoms with Gasteiger partial charge in [-0.25, -0.2) is 13.6 Å². The minimum Gasteiger partial charge on any atom is -0.465 e. The van der Waals surface area contributed by atoms with E-state index in [4.69, 9.17) is 0 Å². The number of aryl methyl sites for hydroxylation is 4. The number of ether oxygens (including phenoxy) is 1. The summed E-state index contributed by atoms with van der Waals surface area (Å²) in [6.45, 7) is 3.36. The molecule has 3 rings (SSSR count). The smallest absolute Gasteiger partial charge is 0.337 e. The van der Waals surface area contributed by atoms with Gasteiger partial charge in [0.1, 0.15) is 0 Å². The largest absolute Gasteiger partial charge is 0.465 e. The van der Waals surface area contributed by atoms with E-state index >= 15 is 0 Å². The number of carbonyl (C=O) groups excluding carboxylic acids is 2. The van der Waals surface area contributed by atoms with E-state index in [0.717, 1.165) is 11.6 Å². The van der Waals surface area contributed by atoms with E-state index in [9.17, 15) is 23.2 Å². The van der Waals surface area contributed by atoms with Crippen molar-refractivity contribution in [2.45, 2.75) is 33.2 Å². The number of nitrogens with one attached hydrogen (secondary N) is 1. The number of amides is 1. The van der Waals surface area contributed by atoms with Crippen molar-refractivity contribution < 1.29 is 23.1 Å². The highest BCUT2D eigenvalue weighted by Crippen LogP contribution is 2.28. The van der Waals surface area contributed by atoms with Crippen molar-refractivity contribution >= 4 is 28.6 Å². The third kappa shape index (κ3) is 4.32. The lowest BCUT2D eigenvalue weighted by Crippen LogP contribution is -2.24. The van der Waals surface area contributed by atoms with Gasteiger partial charge in [0.25, 0.3) is 12.0 Å². The summed E-state index contributed by atoms with van der Waals surface area (Å²) in [6.07, 6.45) is -2.92. The van der Waals surface area contributed by atoms with Gasteiger partial charge in [-0.1, -0.05) is 6.07 Å². The van der Waals surface area contributed by atoms with E-state index in [2.05, 4.69) is 15.2 Å². The van der Waals surface area contributed by atoms with E-state index in [1.807, 2.05) is 0 Å². The minimum atomic E-state index is -2.82. The van der Waals surface area contributed by atoms with Gasteiger partial charge in [-0.05, 0) is 31.5 Å². The quantitative estimate of drug-likeness (QED) is 0.604. The van der Waals surface area contributed by atoms with Crippen LogP contribution in [0.4, 0.5) is 14.5 Å². The molecule has 0 saturated heterocycles. The van der Waals surface area contributed by atoms with Crippen molar-refractivity contribution in [3.63, 3.8) is 0 Å². The van der Waals surface area contributed by atoms with Crippen LogP contribution in [0.15, 0.2) is 29.1 Å². The minimum absolute atomic E-state index is 0.0448. The van der Waals surface area contributed by atoms with E-state index in [0.29, 0.717) is 11.4 Å². The first kappa shape index (κ1) is 22.1. The fourth-order valence-electron chi connectivity index (χ4n) is 3.32. The molecule has 0 atom stereocenters. The van der Waals surface area contributed by atoms with E-state index in [1.165, 1.54) is 22.4 Å². The first-order valence-electron chi connectivity index (χ1n) is 9.48. The molecule has 0 aliphatic rings. The van der Waals surface area contributed by atoms with Crippen molar-refractivity contribution in [3.05, 3.63) is 57.0 Å². The van der Waals surface area contributed by atoms with E-state index in [-0.39, 0.29) is 35.1 Å². The number of anilines is 1. The highest BCUT2D eigenvalue weighted by molar-refractivity contribution is 5.95. The van der Waals surface area contributed by atoms with Crippen LogP contribution in [0.1, 0.15) is 40.0 Å². The zero-order valence-electron chi connectivity index (χ0n) is 17.5. The maximum atomic E-state index is 13.4. The number of hydrogen-bond acceptors (Lipinski definition) is 5. The van der Waals surface area contributed by atoms with Gasteiger partial charge in [-0.3, -0.25) is 18.8 Å². The molecule has 3 aromatic rings. The number of pyridine rings is 1. The molecule has 1 N–H and O–H groups in total. The Kier molecular flexibility index (Phi) is 6.19. The van der Waals surface area contributed by atoms with E-state index in [1.54, 1.807) is 33.0 Å². The Morgan fingerprint density at radius 1 is 1.23 bits per heavy atom. The summed E-state index contributed by atoms with van der Waals surface area (Å²) in [4.78, 5) is 36.7. The predicted octanol–water partition coefficient (Wildman–Crippen LogP) is 3.10. The normalized spacial score (nSPS) is 11.2. The monoisotopic (exact) mass is 432 g/mol. The van der Waals surface area contributed by atoms with Crippen molar-refractivity contribution in [1.82, 2.24) is 14.3 Å². The molecule has 2 aromatic heterocycles. The molecule has 10 heteroatoms. The molecule has 0 spiro atoms. The Labute approximate surface area is 176 Å². The van der Waals surface area contributed by atoms with Crippen molar-refractivity contribution in [2.75, 3.05) is 12.4 Å². The fraction of sp³-hybridized carbons (Fsp3) is 0.333. The number of fused-ring (bicyclic) bond motifs is 1. The molecule has 8 nitrogen and oxygen atoms in total. The molecular formula is C21H22F2N4O4. The Bertz CT molecular complexity index is 1230. The summed E-state index contributed by atoms with van der Waals surface area (Å²) < 4.78 is 34.2. The van der Waals surface area contributed by atoms with Gasteiger partial charge in [0.2, 0.25) is 5.91 Å². The molecule has 0 radical (unpaired) electrons. The molecule has 0 fully saturated rings. The molecular weight excluding hydrogens is 410 g/mol. The number of esters is 1. The second kappa shape index (κ2) is 8.66. The molecule has 0 bridgehead atoms. The second-order valence-electron chi connectivity index (χ2n) is 7.12. The predicted molar refractivity (Wildman–Crippen MR) is 110 cm³/mol. The average Bonchev–Trinajstić information content (AvgIpc) is 3.02. The van der Waals surface area contributed by atoms with Gasteiger partial charge in [0.05, 0.1) is 12.7 Å².